The molecule has 0 unspecified atom stereocenters. The van der Waals surface area contributed by atoms with Crippen molar-refractivity contribution in [3.05, 3.63) is 94.5 Å². The van der Waals surface area contributed by atoms with Crippen molar-refractivity contribution in [2.45, 2.75) is 44.2 Å². The van der Waals surface area contributed by atoms with Crippen molar-refractivity contribution in [2.24, 2.45) is 0 Å². The number of likely N-dealkylation sites (tertiary alicyclic amines) is 1. The fourth-order valence-electron chi connectivity index (χ4n) is 4.39. The number of carbonyl (C=O) groups excluding carboxylic acids is 1. The zero-order valence-corrected chi connectivity index (χ0v) is 22.1. The van der Waals surface area contributed by atoms with Crippen molar-refractivity contribution in [3.8, 4) is 0 Å². The largest absolute Gasteiger partial charge is 0.350 e. The Balaban J connectivity index is 1.51. The SMILES string of the molecule is Cc1ccc(N(CC(=O)NCc2ccccc2CN2CCCCC2)S(=O)(=O)c2ccccc2)cc1Cl. The number of nitrogens with one attached hydrogen (secondary N) is 1. The van der Waals surface area contributed by atoms with E-state index < -0.39 is 10.0 Å². The van der Waals surface area contributed by atoms with Crippen molar-refractivity contribution < 1.29 is 13.2 Å². The van der Waals surface area contributed by atoms with Crippen LogP contribution in [0.5, 0.6) is 0 Å². The predicted molar refractivity (Wildman–Crippen MR) is 145 cm³/mol. The molecule has 0 spiro atoms. The molecular formula is C28H32ClN3O3S. The van der Waals surface area contributed by atoms with Crippen LogP contribution < -0.4 is 9.62 Å². The van der Waals surface area contributed by atoms with Gasteiger partial charge in [0.05, 0.1) is 10.6 Å². The molecule has 0 aromatic heterocycles. The van der Waals surface area contributed by atoms with Gasteiger partial charge in [-0.05, 0) is 73.8 Å². The topological polar surface area (TPSA) is 69.7 Å². The van der Waals surface area contributed by atoms with E-state index >= 15 is 0 Å². The smallest absolute Gasteiger partial charge is 0.264 e. The van der Waals surface area contributed by atoms with Crippen molar-refractivity contribution in [3.63, 3.8) is 0 Å². The first-order valence-electron chi connectivity index (χ1n) is 12.2. The fraction of sp³-hybridized carbons (Fsp3) is 0.321. The van der Waals surface area contributed by atoms with E-state index in [2.05, 4.69) is 16.3 Å². The van der Waals surface area contributed by atoms with E-state index in [9.17, 15) is 13.2 Å². The van der Waals surface area contributed by atoms with Crippen molar-refractivity contribution in [1.29, 1.82) is 0 Å². The highest BCUT2D eigenvalue weighted by Crippen LogP contribution is 2.28. The molecule has 0 aliphatic carbocycles. The summed E-state index contributed by atoms with van der Waals surface area (Å²) in [6.45, 7) is 4.85. The van der Waals surface area contributed by atoms with Crippen LogP contribution in [0.4, 0.5) is 5.69 Å². The molecule has 36 heavy (non-hydrogen) atoms. The van der Waals surface area contributed by atoms with Crippen LogP contribution in [0.2, 0.25) is 5.02 Å². The number of benzene rings is 3. The summed E-state index contributed by atoms with van der Waals surface area (Å²) in [6, 6.07) is 21.2. The standard InChI is InChI=1S/C28H32ClN3O3S/c1-22-14-15-25(18-27(22)29)32(36(34,35)26-12-4-2-5-13-26)21-28(33)30-19-23-10-6-7-11-24(23)20-31-16-8-3-9-17-31/h2,4-7,10-15,18H,3,8-9,16-17,19-21H2,1H3,(H,30,33). The highest BCUT2D eigenvalue weighted by Gasteiger charge is 2.27. The first-order chi connectivity index (χ1) is 17.3. The Morgan fingerprint density at radius 3 is 2.31 bits per heavy atom. The number of sulfonamides is 1. The Labute approximate surface area is 218 Å². The lowest BCUT2D eigenvalue weighted by Crippen LogP contribution is -2.40. The fourth-order valence-corrected chi connectivity index (χ4v) is 6.00. The normalized spacial score (nSPS) is 14.4. The van der Waals surface area contributed by atoms with E-state index in [1.807, 2.05) is 25.1 Å². The van der Waals surface area contributed by atoms with Gasteiger partial charge in [-0.2, -0.15) is 0 Å². The van der Waals surface area contributed by atoms with Gasteiger partial charge in [0.1, 0.15) is 6.54 Å². The molecule has 0 radical (unpaired) electrons. The molecule has 3 aromatic rings. The van der Waals surface area contributed by atoms with Crippen LogP contribution in [-0.4, -0.2) is 38.9 Å². The summed E-state index contributed by atoms with van der Waals surface area (Å²) in [5, 5.41) is 3.37. The van der Waals surface area contributed by atoms with Crippen molar-refractivity contribution in [2.75, 3.05) is 23.9 Å². The minimum atomic E-state index is -3.98. The number of aryl methyl sites for hydroxylation is 1. The number of nitrogens with zero attached hydrogens (tertiary/aromatic N) is 2. The molecule has 190 valence electrons. The molecule has 1 heterocycles. The van der Waals surface area contributed by atoms with E-state index in [1.54, 1.807) is 36.4 Å². The van der Waals surface area contributed by atoms with Crippen molar-refractivity contribution >= 4 is 33.2 Å². The number of hydrogen-bond donors (Lipinski definition) is 1. The maximum absolute atomic E-state index is 13.5. The number of hydrogen-bond acceptors (Lipinski definition) is 4. The Morgan fingerprint density at radius 1 is 0.944 bits per heavy atom. The highest BCUT2D eigenvalue weighted by molar-refractivity contribution is 7.92. The van der Waals surface area contributed by atoms with E-state index in [1.165, 1.54) is 37.0 Å². The summed E-state index contributed by atoms with van der Waals surface area (Å²) in [5.74, 6) is -0.390. The van der Waals surface area contributed by atoms with Crippen LogP contribution in [0.3, 0.4) is 0 Å². The second kappa shape index (κ2) is 11.9. The molecule has 1 fully saturated rings. The summed E-state index contributed by atoms with van der Waals surface area (Å²) < 4.78 is 28.1. The van der Waals surface area contributed by atoms with E-state index in [0.29, 0.717) is 17.3 Å². The molecule has 1 saturated heterocycles. The Hall–Kier alpha value is -2.87. The van der Waals surface area contributed by atoms with Gasteiger partial charge >= 0.3 is 0 Å². The van der Waals surface area contributed by atoms with E-state index in [0.717, 1.165) is 35.1 Å². The van der Waals surface area contributed by atoms with E-state index in [-0.39, 0.29) is 17.3 Å². The Morgan fingerprint density at radius 2 is 1.61 bits per heavy atom. The molecule has 1 aliphatic rings. The molecule has 3 aromatic carbocycles. The first-order valence-corrected chi connectivity index (χ1v) is 14.1. The van der Waals surface area contributed by atoms with Crippen molar-refractivity contribution in [1.82, 2.24) is 10.2 Å². The van der Waals surface area contributed by atoms with Gasteiger partial charge in [-0.3, -0.25) is 14.0 Å². The minimum Gasteiger partial charge on any atom is -0.350 e. The first kappa shape index (κ1) is 26.2. The van der Waals surface area contributed by atoms with Gasteiger partial charge in [0, 0.05) is 18.1 Å². The molecule has 1 N–H and O–H groups in total. The summed E-state index contributed by atoms with van der Waals surface area (Å²) in [6.07, 6.45) is 3.71. The lowest BCUT2D eigenvalue weighted by Gasteiger charge is -2.27. The molecular weight excluding hydrogens is 494 g/mol. The summed E-state index contributed by atoms with van der Waals surface area (Å²) in [4.78, 5) is 15.6. The van der Waals surface area contributed by atoms with Crippen LogP contribution in [0, 0.1) is 6.92 Å². The summed E-state index contributed by atoms with van der Waals surface area (Å²) in [7, 11) is -3.98. The van der Waals surface area contributed by atoms with Crippen LogP contribution in [0.15, 0.2) is 77.7 Å². The molecule has 4 rings (SSSR count). The summed E-state index contributed by atoms with van der Waals surface area (Å²) in [5.41, 5.74) is 3.38. The molecule has 1 aliphatic heterocycles. The lowest BCUT2D eigenvalue weighted by molar-refractivity contribution is -0.119. The van der Waals surface area contributed by atoms with Gasteiger partial charge < -0.3 is 5.32 Å². The third kappa shape index (κ3) is 6.46. The van der Waals surface area contributed by atoms with Crippen LogP contribution in [0.25, 0.3) is 0 Å². The second-order valence-electron chi connectivity index (χ2n) is 9.14. The number of halogens is 1. The molecule has 0 saturated carbocycles. The van der Waals surface area contributed by atoms with Gasteiger partial charge in [-0.25, -0.2) is 8.42 Å². The average molecular weight is 526 g/mol. The number of amides is 1. The van der Waals surface area contributed by atoms with Gasteiger partial charge in [0.2, 0.25) is 5.91 Å². The van der Waals surface area contributed by atoms with Gasteiger partial charge in [0.15, 0.2) is 0 Å². The average Bonchev–Trinajstić information content (AvgIpc) is 2.89. The van der Waals surface area contributed by atoms with Gasteiger partial charge in [-0.15, -0.1) is 0 Å². The van der Waals surface area contributed by atoms with Gasteiger partial charge in [0.25, 0.3) is 10.0 Å². The zero-order valence-electron chi connectivity index (χ0n) is 20.5. The Bertz CT molecular complexity index is 1290. The Kier molecular flexibility index (Phi) is 8.67. The maximum Gasteiger partial charge on any atom is 0.264 e. The molecule has 0 bridgehead atoms. The number of anilines is 1. The van der Waals surface area contributed by atoms with E-state index in [4.69, 9.17) is 11.6 Å². The van der Waals surface area contributed by atoms with Crippen LogP contribution in [-0.2, 0) is 27.9 Å². The summed E-state index contributed by atoms with van der Waals surface area (Å²) >= 11 is 6.30. The number of carbonyl (C=O) groups is 1. The predicted octanol–water partition coefficient (Wildman–Crippen LogP) is 5.15. The van der Waals surface area contributed by atoms with Crippen LogP contribution >= 0.6 is 11.6 Å². The third-order valence-electron chi connectivity index (χ3n) is 6.50. The number of rotatable bonds is 9. The lowest BCUT2D eigenvalue weighted by atomic mass is 10.0. The number of piperidine rings is 1. The molecule has 6 nitrogen and oxygen atoms in total. The second-order valence-corrected chi connectivity index (χ2v) is 11.4. The quantitative estimate of drug-likeness (QED) is 0.419. The minimum absolute atomic E-state index is 0.112. The highest BCUT2D eigenvalue weighted by atomic mass is 35.5. The molecule has 0 atom stereocenters. The van der Waals surface area contributed by atoms with Gasteiger partial charge in [-0.1, -0.05) is 66.6 Å². The molecule has 1 amide bonds. The third-order valence-corrected chi connectivity index (χ3v) is 8.69. The maximum atomic E-state index is 13.5. The monoisotopic (exact) mass is 525 g/mol. The van der Waals surface area contributed by atoms with Crippen LogP contribution in [0.1, 0.15) is 36.0 Å². The molecule has 8 heteroatoms. The zero-order chi connectivity index (χ0) is 25.5.